The highest BCUT2D eigenvalue weighted by atomic mass is 35.5. The Morgan fingerprint density at radius 1 is 0.926 bits per heavy atom. The van der Waals surface area contributed by atoms with Crippen LogP contribution in [0, 0.1) is 0 Å². The van der Waals surface area contributed by atoms with Gasteiger partial charge < -0.3 is 4.74 Å². The number of esters is 1. The number of rotatable bonds is 4. The maximum Gasteiger partial charge on any atom is 0.343 e. The molecule has 1 saturated heterocycles. The Labute approximate surface area is 172 Å². The Morgan fingerprint density at radius 2 is 1.59 bits per heavy atom. The molecule has 2 aromatic rings. The first-order chi connectivity index (χ1) is 12.8. The Bertz CT molecular complexity index is 973. The first-order valence-electron chi connectivity index (χ1n) is 8.26. The van der Waals surface area contributed by atoms with Gasteiger partial charge in [-0.15, -0.1) is 0 Å². The molecule has 1 aliphatic rings. The SMILES string of the molecule is O=C(Oc1cc(Cl)ccc1Cl)c1ccc(Cl)c(S(=O)(=O)N2CCCCC2)c1. The van der Waals surface area contributed by atoms with E-state index in [4.69, 9.17) is 39.5 Å². The second-order valence-electron chi connectivity index (χ2n) is 6.07. The highest BCUT2D eigenvalue weighted by Gasteiger charge is 2.29. The van der Waals surface area contributed by atoms with Crippen molar-refractivity contribution in [1.82, 2.24) is 4.31 Å². The Balaban J connectivity index is 1.90. The van der Waals surface area contributed by atoms with Gasteiger partial charge in [-0.25, -0.2) is 13.2 Å². The minimum Gasteiger partial charge on any atom is -0.421 e. The van der Waals surface area contributed by atoms with Crippen LogP contribution in [0.15, 0.2) is 41.3 Å². The van der Waals surface area contributed by atoms with E-state index in [1.54, 1.807) is 6.07 Å². The molecule has 1 aliphatic heterocycles. The summed E-state index contributed by atoms with van der Waals surface area (Å²) in [5.74, 6) is -0.671. The highest BCUT2D eigenvalue weighted by molar-refractivity contribution is 7.89. The van der Waals surface area contributed by atoms with Crippen LogP contribution < -0.4 is 4.74 Å². The van der Waals surface area contributed by atoms with Gasteiger partial charge in [0, 0.05) is 24.2 Å². The molecular weight excluding hydrogens is 433 g/mol. The van der Waals surface area contributed by atoms with Gasteiger partial charge in [-0.2, -0.15) is 4.31 Å². The minimum absolute atomic E-state index is 0.0472. The van der Waals surface area contributed by atoms with Crippen LogP contribution in [-0.2, 0) is 10.0 Å². The van der Waals surface area contributed by atoms with Gasteiger partial charge in [0.2, 0.25) is 10.0 Å². The lowest BCUT2D eigenvalue weighted by molar-refractivity contribution is 0.0734. The third-order valence-corrected chi connectivity index (χ3v) is 7.12. The molecule has 144 valence electrons. The van der Waals surface area contributed by atoms with Gasteiger partial charge in [0.1, 0.15) is 4.90 Å². The fourth-order valence-corrected chi connectivity index (χ4v) is 5.12. The normalized spacial score (nSPS) is 15.5. The van der Waals surface area contributed by atoms with E-state index in [1.807, 2.05) is 0 Å². The van der Waals surface area contributed by atoms with Gasteiger partial charge in [0.15, 0.2) is 5.75 Å². The van der Waals surface area contributed by atoms with E-state index in [9.17, 15) is 13.2 Å². The third-order valence-electron chi connectivity index (χ3n) is 4.20. The molecule has 0 N–H and O–H groups in total. The van der Waals surface area contributed by atoms with E-state index in [0.29, 0.717) is 18.1 Å². The largest absolute Gasteiger partial charge is 0.421 e. The maximum absolute atomic E-state index is 12.9. The van der Waals surface area contributed by atoms with Crippen molar-refractivity contribution >= 4 is 50.8 Å². The van der Waals surface area contributed by atoms with Gasteiger partial charge in [-0.05, 0) is 43.2 Å². The predicted octanol–water partition coefficient (Wildman–Crippen LogP) is 5.04. The Kier molecular flexibility index (Phi) is 6.33. The average Bonchev–Trinajstić information content (AvgIpc) is 2.65. The number of ether oxygens (including phenoxy) is 1. The molecule has 0 unspecified atom stereocenters. The molecule has 0 saturated carbocycles. The summed E-state index contributed by atoms with van der Waals surface area (Å²) in [6.07, 6.45) is 2.59. The standard InChI is InChI=1S/C18H16Cl3NO4S/c19-13-5-7-14(20)16(11-13)26-18(23)12-4-6-15(21)17(10-12)27(24,25)22-8-2-1-3-9-22/h4-7,10-11H,1-3,8-9H2. The van der Waals surface area contributed by atoms with Crippen LogP contribution in [0.25, 0.3) is 0 Å². The highest BCUT2D eigenvalue weighted by Crippen LogP contribution is 2.30. The van der Waals surface area contributed by atoms with Crippen molar-refractivity contribution in [1.29, 1.82) is 0 Å². The zero-order chi connectivity index (χ0) is 19.6. The fraction of sp³-hybridized carbons (Fsp3) is 0.278. The number of sulfonamides is 1. The lowest BCUT2D eigenvalue weighted by Crippen LogP contribution is -2.35. The van der Waals surface area contributed by atoms with Crippen molar-refractivity contribution in [3.63, 3.8) is 0 Å². The third kappa shape index (κ3) is 4.58. The molecule has 0 aromatic heterocycles. The topological polar surface area (TPSA) is 63.7 Å². The molecule has 0 radical (unpaired) electrons. The van der Waals surface area contributed by atoms with Gasteiger partial charge in [-0.1, -0.05) is 41.2 Å². The number of piperidine rings is 1. The summed E-state index contributed by atoms with van der Waals surface area (Å²) in [5, 5.41) is 0.618. The first-order valence-corrected chi connectivity index (χ1v) is 10.8. The number of hydrogen-bond donors (Lipinski definition) is 0. The number of carbonyl (C=O) groups is 1. The van der Waals surface area contributed by atoms with E-state index in [2.05, 4.69) is 0 Å². The van der Waals surface area contributed by atoms with Crippen LogP contribution in [0.3, 0.4) is 0 Å². The van der Waals surface area contributed by atoms with Crippen molar-refractivity contribution in [2.45, 2.75) is 24.2 Å². The molecule has 3 rings (SSSR count). The van der Waals surface area contributed by atoms with Crippen molar-refractivity contribution < 1.29 is 17.9 Å². The summed E-state index contributed by atoms with van der Waals surface area (Å²) < 4.78 is 32.4. The monoisotopic (exact) mass is 447 g/mol. The van der Waals surface area contributed by atoms with Gasteiger partial charge in [0.25, 0.3) is 0 Å². The maximum atomic E-state index is 12.9. The second-order valence-corrected chi connectivity index (χ2v) is 9.23. The van der Waals surface area contributed by atoms with E-state index in [1.165, 1.54) is 34.6 Å². The van der Waals surface area contributed by atoms with Gasteiger partial charge in [-0.3, -0.25) is 0 Å². The van der Waals surface area contributed by atoms with E-state index in [0.717, 1.165) is 19.3 Å². The molecule has 0 atom stereocenters. The molecule has 1 heterocycles. The van der Waals surface area contributed by atoms with Crippen molar-refractivity contribution in [2.24, 2.45) is 0 Å². The summed E-state index contributed by atoms with van der Waals surface area (Å²) in [7, 11) is -3.79. The van der Waals surface area contributed by atoms with Crippen LogP contribution in [0.4, 0.5) is 0 Å². The zero-order valence-corrected chi connectivity index (χ0v) is 17.2. The van der Waals surface area contributed by atoms with E-state index in [-0.39, 0.29) is 26.3 Å². The van der Waals surface area contributed by atoms with Crippen molar-refractivity contribution in [3.8, 4) is 5.75 Å². The Morgan fingerprint density at radius 3 is 2.30 bits per heavy atom. The first kappa shape index (κ1) is 20.4. The predicted molar refractivity (Wildman–Crippen MR) is 105 cm³/mol. The van der Waals surface area contributed by atoms with Crippen LogP contribution in [0.2, 0.25) is 15.1 Å². The van der Waals surface area contributed by atoms with Crippen LogP contribution in [0.1, 0.15) is 29.6 Å². The number of benzene rings is 2. The van der Waals surface area contributed by atoms with Crippen molar-refractivity contribution in [3.05, 3.63) is 57.0 Å². The molecule has 27 heavy (non-hydrogen) atoms. The molecule has 1 fully saturated rings. The van der Waals surface area contributed by atoms with Gasteiger partial charge >= 0.3 is 5.97 Å². The molecule has 0 amide bonds. The number of hydrogen-bond acceptors (Lipinski definition) is 4. The van der Waals surface area contributed by atoms with E-state index >= 15 is 0 Å². The minimum atomic E-state index is -3.79. The smallest absolute Gasteiger partial charge is 0.343 e. The molecular formula is C18H16Cl3NO4S. The van der Waals surface area contributed by atoms with Crippen molar-refractivity contribution in [2.75, 3.05) is 13.1 Å². The lowest BCUT2D eigenvalue weighted by atomic mass is 10.2. The second kappa shape index (κ2) is 8.37. The fourth-order valence-electron chi connectivity index (χ4n) is 2.79. The number of halogens is 3. The number of carbonyl (C=O) groups excluding carboxylic acids is 1. The molecule has 0 aliphatic carbocycles. The summed E-state index contributed by atoms with van der Waals surface area (Å²) in [4.78, 5) is 12.4. The lowest BCUT2D eigenvalue weighted by Gasteiger charge is -2.26. The summed E-state index contributed by atoms with van der Waals surface area (Å²) in [5.41, 5.74) is 0.0472. The van der Waals surface area contributed by atoms with Crippen LogP contribution in [0.5, 0.6) is 5.75 Å². The average molecular weight is 449 g/mol. The molecule has 2 aromatic carbocycles. The Hall–Kier alpha value is -1.31. The molecule has 0 bridgehead atoms. The summed E-state index contributed by atoms with van der Waals surface area (Å²) in [6, 6.07) is 8.47. The van der Waals surface area contributed by atoms with Gasteiger partial charge in [0.05, 0.1) is 15.6 Å². The summed E-state index contributed by atoms with van der Waals surface area (Å²) in [6.45, 7) is 0.872. The van der Waals surface area contributed by atoms with Crippen LogP contribution in [-0.4, -0.2) is 31.8 Å². The quantitative estimate of drug-likeness (QED) is 0.485. The van der Waals surface area contributed by atoms with E-state index < -0.39 is 16.0 Å². The molecule has 9 heteroatoms. The zero-order valence-electron chi connectivity index (χ0n) is 14.1. The molecule has 5 nitrogen and oxygen atoms in total. The summed E-state index contributed by atoms with van der Waals surface area (Å²) >= 11 is 18.0. The van der Waals surface area contributed by atoms with Crippen LogP contribution >= 0.6 is 34.8 Å². The molecule has 0 spiro atoms. The number of nitrogens with zero attached hydrogens (tertiary/aromatic N) is 1.